The number of benzene rings is 1. The van der Waals surface area contributed by atoms with Crippen molar-refractivity contribution in [1.82, 2.24) is 4.31 Å². The Kier molecular flexibility index (Phi) is 5.78. The zero-order valence-corrected chi connectivity index (χ0v) is 11.9. The Bertz CT molecular complexity index is 443. The molecule has 0 atom stereocenters. The number of rotatable bonds is 7. The van der Waals surface area contributed by atoms with Gasteiger partial charge in [-0.2, -0.15) is 4.31 Å². The van der Waals surface area contributed by atoms with Gasteiger partial charge in [-0.15, -0.1) is 0 Å². The van der Waals surface area contributed by atoms with Crippen molar-refractivity contribution in [2.24, 2.45) is 5.73 Å². The normalized spacial score (nSPS) is 12.3. The van der Waals surface area contributed by atoms with E-state index in [0.29, 0.717) is 19.5 Å². The summed E-state index contributed by atoms with van der Waals surface area (Å²) in [6, 6.07) is 9.60. The van der Waals surface area contributed by atoms with Crippen LogP contribution in [0.1, 0.15) is 19.4 Å². The molecule has 5 heteroatoms. The van der Waals surface area contributed by atoms with E-state index in [1.54, 1.807) is 0 Å². The van der Waals surface area contributed by atoms with E-state index in [1.807, 2.05) is 44.2 Å². The minimum atomic E-state index is -3.23. The van der Waals surface area contributed by atoms with E-state index >= 15 is 0 Å². The second kappa shape index (κ2) is 6.87. The number of aryl methyl sites for hydroxylation is 1. The van der Waals surface area contributed by atoms with Crippen molar-refractivity contribution in [3.8, 4) is 0 Å². The van der Waals surface area contributed by atoms with E-state index in [1.165, 1.54) is 4.31 Å². The minimum absolute atomic E-state index is 0.0469. The van der Waals surface area contributed by atoms with Crippen molar-refractivity contribution >= 4 is 10.0 Å². The van der Waals surface area contributed by atoms with Crippen LogP contribution in [-0.4, -0.2) is 37.6 Å². The summed E-state index contributed by atoms with van der Waals surface area (Å²) in [5.41, 5.74) is 6.50. The first kappa shape index (κ1) is 15.1. The van der Waals surface area contributed by atoms with Crippen LogP contribution < -0.4 is 5.73 Å². The van der Waals surface area contributed by atoms with Gasteiger partial charge in [-0.3, -0.25) is 0 Å². The predicted octanol–water partition coefficient (Wildman–Crippen LogP) is 1.23. The fraction of sp³-hybridized carbons (Fsp3) is 0.538. The summed E-state index contributed by atoms with van der Waals surface area (Å²) in [5.74, 6) is 0.134. The maximum Gasteiger partial charge on any atom is 0.214 e. The summed E-state index contributed by atoms with van der Waals surface area (Å²) in [4.78, 5) is 0. The van der Waals surface area contributed by atoms with Crippen molar-refractivity contribution in [3.63, 3.8) is 0 Å². The van der Waals surface area contributed by atoms with Crippen LogP contribution in [0.2, 0.25) is 0 Å². The molecule has 0 heterocycles. The molecule has 1 aromatic rings. The molecule has 0 fully saturated rings. The fourth-order valence-corrected chi connectivity index (χ4v) is 3.61. The van der Waals surface area contributed by atoms with Gasteiger partial charge in [-0.1, -0.05) is 30.3 Å². The highest BCUT2D eigenvalue weighted by Crippen LogP contribution is 2.09. The standard InChI is InChI=1S/C13H22N2O2S/c1-12(2)15(10-9-14)18(16,17)11-8-13-6-4-3-5-7-13/h3-7,12H,8-11,14H2,1-2H3. The van der Waals surface area contributed by atoms with E-state index in [0.717, 1.165) is 5.56 Å². The molecule has 4 nitrogen and oxygen atoms in total. The van der Waals surface area contributed by atoms with Crippen LogP contribution in [0.15, 0.2) is 30.3 Å². The third-order valence-corrected chi connectivity index (χ3v) is 4.81. The zero-order valence-electron chi connectivity index (χ0n) is 11.0. The quantitative estimate of drug-likeness (QED) is 0.810. The van der Waals surface area contributed by atoms with Crippen LogP contribution in [0.4, 0.5) is 0 Å². The number of nitrogens with zero attached hydrogens (tertiary/aromatic N) is 1. The predicted molar refractivity (Wildman–Crippen MR) is 74.8 cm³/mol. The van der Waals surface area contributed by atoms with E-state index in [2.05, 4.69) is 0 Å². The van der Waals surface area contributed by atoms with Crippen LogP contribution >= 0.6 is 0 Å². The first-order chi connectivity index (χ1) is 8.47. The molecule has 1 aromatic carbocycles. The molecule has 0 aromatic heterocycles. The molecule has 0 saturated heterocycles. The average molecular weight is 270 g/mol. The van der Waals surface area contributed by atoms with E-state index < -0.39 is 10.0 Å². The van der Waals surface area contributed by atoms with Crippen molar-refractivity contribution in [2.45, 2.75) is 26.3 Å². The van der Waals surface area contributed by atoms with Crippen molar-refractivity contribution in [2.75, 3.05) is 18.8 Å². The lowest BCUT2D eigenvalue weighted by Crippen LogP contribution is -2.41. The first-order valence-electron chi connectivity index (χ1n) is 6.21. The molecule has 1 rings (SSSR count). The maximum absolute atomic E-state index is 12.2. The van der Waals surface area contributed by atoms with Crippen LogP contribution in [0, 0.1) is 0 Å². The smallest absolute Gasteiger partial charge is 0.214 e. The number of hydrogen-bond donors (Lipinski definition) is 1. The molecule has 0 spiro atoms. The summed E-state index contributed by atoms with van der Waals surface area (Å²) in [6.45, 7) is 4.48. The van der Waals surface area contributed by atoms with Gasteiger partial charge in [0, 0.05) is 19.1 Å². The highest BCUT2D eigenvalue weighted by molar-refractivity contribution is 7.89. The number of nitrogens with two attached hydrogens (primary N) is 1. The molecule has 0 saturated carbocycles. The topological polar surface area (TPSA) is 63.4 Å². The van der Waals surface area contributed by atoms with Gasteiger partial charge in [0.1, 0.15) is 0 Å². The molecule has 0 radical (unpaired) electrons. The second-order valence-electron chi connectivity index (χ2n) is 4.54. The summed E-state index contributed by atoms with van der Waals surface area (Å²) >= 11 is 0. The number of hydrogen-bond acceptors (Lipinski definition) is 3. The fourth-order valence-electron chi connectivity index (χ4n) is 1.85. The molecule has 0 aliphatic heterocycles. The van der Waals surface area contributed by atoms with Crippen molar-refractivity contribution in [1.29, 1.82) is 0 Å². The third-order valence-electron chi connectivity index (χ3n) is 2.77. The lowest BCUT2D eigenvalue weighted by Gasteiger charge is -2.25. The van der Waals surface area contributed by atoms with Gasteiger partial charge in [0.15, 0.2) is 0 Å². The summed E-state index contributed by atoms with van der Waals surface area (Å²) in [6.07, 6.45) is 0.539. The Morgan fingerprint density at radius 1 is 1.22 bits per heavy atom. The SMILES string of the molecule is CC(C)N(CCN)S(=O)(=O)CCc1ccccc1. The third kappa shape index (κ3) is 4.40. The lowest BCUT2D eigenvalue weighted by atomic mass is 10.2. The van der Waals surface area contributed by atoms with E-state index in [4.69, 9.17) is 5.73 Å². The molecule has 18 heavy (non-hydrogen) atoms. The van der Waals surface area contributed by atoms with Crippen molar-refractivity contribution < 1.29 is 8.42 Å². The summed E-state index contributed by atoms with van der Waals surface area (Å²) in [7, 11) is -3.23. The van der Waals surface area contributed by atoms with E-state index in [-0.39, 0.29) is 11.8 Å². The van der Waals surface area contributed by atoms with Gasteiger partial charge >= 0.3 is 0 Å². The Morgan fingerprint density at radius 2 is 1.83 bits per heavy atom. The molecular weight excluding hydrogens is 248 g/mol. The van der Waals surface area contributed by atoms with Crippen LogP contribution in [0.5, 0.6) is 0 Å². The highest BCUT2D eigenvalue weighted by atomic mass is 32.2. The molecule has 0 aliphatic rings. The Hall–Kier alpha value is -0.910. The zero-order chi connectivity index (χ0) is 13.6. The number of sulfonamides is 1. The molecule has 0 aliphatic carbocycles. The molecule has 0 amide bonds. The van der Waals surface area contributed by atoms with Gasteiger partial charge in [0.25, 0.3) is 0 Å². The molecule has 0 unspecified atom stereocenters. The van der Waals surface area contributed by atoms with Crippen LogP contribution in [0.3, 0.4) is 0 Å². The molecule has 102 valence electrons. The van der Waals surface area contributed by atoms with Gasteiger partial charge in [0.2, 0.25) is 10.0 Å². The monoisotopic (exact) mass is 270 g/mol. The van der Waals surface area contributed by atoms with Gasteiger partial charge in [-0.25, -0.2) is 8.42 Å². The van der Waals surface area contributed by atoms with Crippen LogP contribution in [-0.2, 0) is 16.4 Å². The summed E-state index contributed by atoms with van der Waals surface area (Å²) < 4.78 is 25.9. The molecular formula is C13H22N2O2S. The van der Waals surface area contributed by atoms with Gasteiger partial charge < -0.3 is 5.73 Å². The van der Waals surface area contributed by atoms with E-state index in [9.17, 15) is 8.42 Å². The van der Waals surface area contributed by atoms with Crippen molar-refractivity contribution in [3.05, 3.63) is 35.9 Å². The van der Waals surface area contributed by atoms with Gasteiger partial charge in [0.05, 0.1) is 5.75 Å². The molecule has 0 bridgehead atoms. The van der Waals surface area contributed by atoms with Gasteiger partial charge in [-0.05, 0) is 25.8 Å². The Morgan fingerprint density at radius 3 is 2.33 bits per heavy atom. The average Bonchev–Trinajstić information content (AvgIpc) is 2.34. The highest BCUT2D eigenvalue weighted by Gasteiger charge is 2.23. The maximum atomic E-state index is 12.2. The summed E-state index contributed by atoms with van der Waals surface area (Å²) in [5, 5.41) is 0. The van der Waals surface area contributed by atoms with Crippen LogP contribution in [0.25, 0.3) is 0 Å². The Labute approximate surface area is 110 Å². The minimum Gasteiger partial charge on any atom is -0.329 e. The Balaban J connectivity index is 2.68. The molecule has 2 N–H and O–H groups in total. The second-order valence-corrected chi connectivity index (χ2v) is 6.59. The lowest BCUT2D eigenvalue weighted by molar-refractivity contribution is 0.361. The largest absolute Gasteiger partial charge is 0.329 e. The first-order valence-corrected chi connectivity index (χ1v) is 7.82.